The third-order valence-electron chi connectivity index (χ3n) is 2.85. The second-order valence-corrected chi connectivity index (χ2v) is 5.34. The van der Waals surface area contributed by atoms with Crippen LogP contribution in [0.5, 0.6) is 0 Å². The molecule has 0 heterocycles. The van der Waals surface area contributed by atoms with Crippen molar-refractivity contribution >= 4 is 27.5 Å². The van der Waals surface area contributed by atoms with E-state index in [0.717, 1.165) is 0 Å². The van der Waals surface area contributed by atoms with Crippen molar-refractivity contribution in [3.05, 3.63) is 68.7 Å². The van der Waals surface area contributed by atoms with Gasteiger partial charge in [0.2, 0.25) is 0 Å². The largest absolute Gasteiger partial charge is 0.324 e. The molecule has 0 aliphatic heterocycles. The van der Waals surface area contributed by atoms with Gasteiger partial charge < -0.3 is 5.73 Å². The second-order valence-electron chi connectivity index (χ2n) is 4.17. The zero-order valence-electron chi connectivity index (χ0n) is 9.84. The molecular formula is C14H11BrClF2N. The lowest BCUT2D eigenvalue weighted by Crippen LogP contribution is -2.15. The molecule has 19 heavy (non-hydrogen) atoms. The van der Waals surface area contributed by atoms with Gasteiger partial charge in [0.25, 0.3) is 0 Å². The van der Waals surface area contributed by atoms with Crippen molar-refractivity contribution in [2.45, 2.75) is 12.5 Å². The molecule has 100 valence electrons. The number of rotatable bonds is 3. The van der Waals surface area contributed by atoms with Crippen molar-refractivity contribution in [2.24, 2.45) is 5.73 Å². The molecule has 2 aromatic rings. The van der Waals surface area contributed by atoms with Gasteiger partial charge in [-0.15, -0.1) is 0 Å². The number of halogens is 4. The lowest BCUT2D eigenvalue weighted by molar-refractivity contribution is 0.607. The highest BCUT2D eigenvalue weighted by molar-refractivity contribution is 9.10. The van der Waals surface area contributed by atoms with E-state index in [2.05, 4.69) is 15.9 Å². The predicted molar refractivity (Wildman–Crippen MR) is 76.1 cm³/mol. The van der Waals surface area contributed by atoms with Crippen molar-refractivity contribution in [1.29, 1.82) is 0 Å². The van der Waals surface area contributed by atoms with Gasteiger partial charge in [0.15, 0.2) is 0 Å². The molecule has 0 fully saturated rings. The van der Waals surface area contributed by atoms with E-state index in [1.54, 1.807) is 24.3 Å². The Hall–Kier alpha value is -0.970. The van der Waals surface area contributed by atoms with Gasteiger partial charge >= 0.3 is 0 Å². The Balaban J connectivity index is 2.28. The topological polar surface area (TPSA) is 26.0 Å². The minimum Gasteiger partial charge on any atom is -0.324 e. The molecule has 1 unspecified atom stereocenters. The maximum Gasteiger partial charge on any atom is 0.142 e. The molecule has 2 rings (SSSR count). The van der Waals surface area contributed by atoms with E-state index >= 15 is 0 Å². The standard InChI is InChI=1S/C14H11BrClF2N/c15-13-9(4-2-5-10(13)17)12(19)7-8-3-1-6-11(18)14(8)16/h1-6,12H,7,19H2. The number of hydrogen-bond acceptors (Lipinski definition) is 1. The van der Waals surface area contributed by atoms with Crippen molar-refractivity contribution in [3.8, 4) is 0 Å². The van der Waals surface area contributed by atoms with Gasteiger partial charge in [0.1, 0.15) is 11.6 Å². The molecule has 0 bridgehead atoms. The van der Waals surface area contributed by atoms with Gasteiger partial charge in [-0.2, -0.15) is 0 Å². The average molecular weight is 347 g/mol. The van der Waals surface area contributed by atoms with Crippen LogP contribution in [0.15, 0.2) is 40.9 Å². The summed E-state index contributed by atoms with van der Waals surface area (Å²) >= 11 is 9.04. The summed E-state index contributed by atoms with van der Waals surface area (Å²) in [6, 6.07) is 8.75. The molecule has 0 aromatic heterocycles. The molecule has 1 atom stereocenters. The molecule has 5 heteroatoms. The van der Waals surface area contributed by atoms with E-state index in [4.69, 9.17) is 17.3 Å². The maximum absolute atomic E-state index is 13.4. The van der Waals surface area contributed by atoms with Crippen LogP contribution in [0.2, 0.25) is 5.02 Å². The van der Waals surface area contributed by atoms with Crippen LogP contribution in [0.25, 0.3) is 0 Å². The molecule has 0 aliphatic rings. The minimum absolute atomic E-state index is 0.0606. The minimum atomic E-state index is -0.482. The van der Waals surface area contributed by atoms with Crippen molar-refractivity contribution in [1.82, 2.24) is 0 Å². The lowest BCUT2D eigenvalue weighted by atomic mass is 9.99. The van der Waals surface area contributed by atoms with Crippen LogP contribution in [-0.2, 0) is 6.42 Å². The third kappa shape index (κ3) is 3.14. The van der Waals surface area contributed by atoms with Crippen LogP contribution >= 0.6 is 27.5 Å². The summed E-state index contributed by atoms with van der Waals surface area (Å²) in [5.41, 5.74) is 7.27. The van der Waals surface area contributed by atoms with Crippen LogP contribution in [0.1, 0.15) is 17.2 Å². The zero-order chi connectivity index (χ0) is 14.0. The van der Waals surface area contributed by atoms with Gasteiger partial charge in [-0.1, -0.05) is 35.9 Å². The van der Waals surface area contributed by atoms with Crippen molar-refractivity contribution in [2.75, 3.05) is 0 Å². The molecule has 0 saturated carbocycles. The van der Waals surface area contributed by atoms with Crippen LogP contribution in [0.4, 0.5) is 8.78 Å². The van der Waals surface area contributed by atoms with Crippen LogP contribution in [-0.4, -0.2) is 0 Å². The summed E-state index contributed by atoms with van der Waals surface area (Å²) < 4.78 is 27.1. The molecular weight excluding hydrogens is 336 g/mol. The Labute approximate surface area is 123 Å². The van der Waals surface area contributed by atoms with Crippen molar-refractivity contribution < 1.29 is 8.78 Å². The first-order valence-electron chi connectivity index (χ1n) is 5.63. The Morgan fingerprint density at radius 2 is 1.74 bits per heavy atom. The number of nitrogens with two attached hydrogens (primary N) is 1. The number of hydrogen-bond donors (Lipinski definition) is 1. The molecule has 0 aliphatic carbocycles. The second kappa shape index (κ2) is 5.99. The summed E-state index contributed by atoms with van der Waals surface area (Å²) in [5.74, 6) is -0.858. The molecule has 0 radical (unpaired) electrons. The first kappa shape index (κ1) is 14.4. The first-order valence-corrected chi connectivity index (χ1v) is 6.80. The summed E-state index contributed by atoms with van der Waals surface area (Å²) in [4.78, 5) is 0. The fourth-order valence-electron chi connectivity index (χ4n) is 1.86. The summed E-state index contributed by atoms with van der Waals surface area (Å²) in [6.45, 7) is 0. The van der Waals surface area contributed by atoms with Gasteiger partial charge in [-0.3, -0.25) is 0 Å². The van der Waals surface area contributed by atoms with Crippen LogP contribution in [0.3, 0.4) is 0 Å². The summed E-state index contributed by atoms with van der Waals surface area (Å²) in [7, 11) is 0. The number of benzene rings is 2. The van der Waals surface area contributed by atoms with Crippen LogP contribution < -0.4 is 5.73 Å². The maximum atomic E-state index is 13.4. The zero-order valence-corrected chi connectivity index (χ0v) is 12.2. The quantitative estimate of drug-likeness (QED) is 0.862. The van der Waals surface area contributed by atoms with E-state index in [0.29, 0.717) is 22.0 Å². The molecule has 0 saturated heterocycles. The lowest BCUT2D eigenvalue weighted by Gasteiger charge is -2.15. The molecule has 1 nitrogen and oxygen atoms in total. The Morgan fingerprint density at radius 1 is 1.11 bits per heavy atom. The van der Waals surface area contributed by atoms with Gasteiger partial charge in [-0.05, 0) is 45.6 Å². The molecule has 0 amide bonds. The monoisotopic (exact) mass is 345 g/mol. The fourth-order valence-corrected chi connectivity index (χ4v) is 2.62. The predicted octanol–water partition coefficient (Wildman–Crippen LogP) is 4.62. The first-order chi connectivity index (χ1) is 9.00. The highest BCUT2D eigenvalue weighted by Crippen LogP contribution is 2.29. The van der Waals surface area contributed by atoms with Gasteiger partial charge in [-0.25, -0.2) is 8.78 Å². The van der Waals surface area contributed by atoms with E-state index in [-0.39, 0.29) is 10.8 Å². The average Bonchev–Trinajstić information content (AvgIpc) is 2.38. The van der Waals surface area contributed by atoms with E-state index < -0.39 is 11.9 Å². The fraction of sp³-hybridized carbons (Fsp3) is 0.143. The van der Waals surface area contributed by atoms with E-state index in [1.165, 1.54) is 12.1 Å². The van der Waals surface area contributed by atoms with E-state index in [1.807, 2.05) is 0 Å². The molecule has 2 aromatic carbocycles. The third-order valence-corrected chi connectivity index (χ3v) is 4.11. The SMILES string of the molecule is NC(Cc1cccc(F)c1Cl)c1cccc(F)c1Br. The van der Waals surface area contributed by atoms with Gasteiger partial charge in [0.05, 0.1) is 9.50 Å². The van der Waals surface area contributed by atoms with Crippen molar-refractivity contribution in [3.63, 3.8) is 0 Å². The summed E-state index contributed by atoms with van der Waals surface area (Å²) in [6.07, 6.45) is 0.332. The summed E-state index contributed by atoms with van der Waals surface area (Å²) in [5, 5.41) is 0.0606. The highest BCUT2D eigenvalue weighted by atomic mass is 79.9. The van der Waals surface area contributed by atoms with Crippen LogP contribution in [0, 0.1) is 11.6 Å². The smallest absolute Gasteiger partial charge is 0.142 e. The Bertz CT molecular complexity index is 604. The highest BCUT2D eigenvalue weighted by Gasteiger charge is 2.15. The molecule has 2 N–H and O–H groups in total. The Morgan fingerprint density at radius 3 is 2.47 bits per heavy atom. The van der Waals surface area contributed by atoms with Gasteiger partial charge in [0, 0.05) is 6.04 Å². The molecule has 0 spiro atoms. The normalized spacial score (nSPS) is 12.5. The van der Waals surface area contributed by atoms with E-state index in [9.17, 15) is 8.78 Å². The Kier molecular flexibility index (Phi) is 4.55.